The van der Waals surface area contributed by atoms with Gasteiger partial charge in [0.15, 0.2) is 0 Å². The SMILES string of the molecule is COc1cccc(C2CCCN2C(=O)c2nc(C)n(-c3ccccc3C(C)C)n2)c1. The van der Waals surface area contributed by atoms with Crippen LogP contribution in [0.1, 0.15) is 66.2 Å². The van der Waals surface area contributed by atoms with Gasteiger partial charge in [-0.05, 0) is 55.0 Å². The zero-order chi connectivity index (χ0) is 21.3. The Morgan fingerprint density at radius 1 is 1.17 bits per heavy atom. The molecule has 0 N–H and O–H groups in total. The van der Waals surface area contributed by atoms with Gasteiger partial charge in [0, 0.05) is 6.54 Å². The molecule has 30 heavy (non-hydrogen) atoms. The van der Waals surface area contributed by atoms with E-state index in [0.717, 1.165) is 29.8 Å². The molecule has 0 spiro atoms. The molecule has 156 valence electrons. The van der Waals surface area contributed by atoms with Crippen LogP contribution in [-0.2, 0) is 0 Å². The van der Waals surface area contributed by atoms with Crippen molar-refractivity contribution in [3.05, 3.63) is 71.3 Å². The summed E-state index contributed by atoms with van der Waals surface area (Å²) < 4.78 is 7.15. The van der Waals surface area contributed by atoms with Crippen LogP contribution >= 0.6 is 0 Å². The quantitative estimate of drug-likeness (QED) is 0.619. The third-order valence-corrected chi connectivity index (χ3v) is 5.74. The summed E-state index contributed by atoms with van der Waals surface area (Å²) in [5.74, 6) is 1.99. The molecule has 1 amide bonds. The van der Waals surface area contributed by atoms with E-state index in [0.29, 0.717) is 18.3 Å². The summed E-state index contributed by atoms with van der Waals surface area (Å²) in [6.07, 6.45) is 1.89. The third-order valence-electron chi connectivity index (χ3n) is 5.74. The maximum absolute atomic E-state index is 13.4. The second-order valence-corrected chi connectivity index (χ2v) is 8.04. The predicted molar refractivity (Wildman–Crippen MR) is 116 cm³/mol. The summed E-state index contributed by atoms with van der Waals surface area (Å²) in [6, 6.07) is 16.1. The number of para-hydroxylation sites is 1. The van der Waals surface area contributed by atoms with Crippen molar-refractivity contribution >= 4 is 5.91 Å². The summed E-state index contributed by atoms with van der Waals surface area (Å²) in [7, 11) is 1.66. The summed E-state index contributed by atoms with van der Waals surface area (Å²) in [4.78, 5) is 19.8. The van der Waals surface area contributed by atoms with Gasteiger partial charge in [-0.25, -0.2) is 9.67 Å². The molecule has 6 heteroatoms. The number of aromatic nitrogens is 3. The summed E-state index contributed by atoms with van der Waals surface area (Å²) in [6.45, 7) is 6.90. The first-order valence-corrected chi connectivity index (χ1v) is 10.5. The monoisotopic (exact) mass is 404 g/mol. The fourth-order valence-corrected chi connectivity index (χ4v) is 4.21. The molecule has 2 heterocycles. The molecule has 2 aromatic carbocycles. The zero-order valence-corrected chi connectivity index (χ0v) is 18.0. The van der Waals surface area contributed by atoms with Crippen molar-refractivity contribution in [1.29, 1.82) is 0 Å². The fraction of sp³-hybridized carbons (Fsp3) is 0.375. The van der Waals surface area contributed by atoms with Crippen LogP contribution in [0.2, 0.25) is 0 Å². The normalized spacial score (nSPS) is 16.3. The minimum Gasteiger partial charge on any atom is -0.497 e. The largest absolute Gasteiger partial charge is 0.497 e. The maximum Gasteiger partial charge on any atom is 0.294 e. The number of amides is 1. The molecule has 1 fully saturated rings. The average molecular weight is 405 g/mol. The lowest BCUT2D eigenvalue weighted by Crippen LogP contribution is -2.31. The molecule has 1 aliphatic rings. The Hall–Kier alpha value is -3.15. The lowest BCUT2D eigenvalue weighted by atomic mass is 10.0. The number of methoxy groups -OCH3 is 1. The Kier molecular flexibility index (Phi) is 5.57. The summed E-state index contributed by atoms with van der Waals surface area (Å²) in [5.41, 5.74) is 3.24. The van der Waals surface area contributed by atoms with Crippen molar-refractivity contribution in [3.8, 4) is 11.4 Å². The van der Waals surface area contributed by atoms with Gasteiger partial charge < -0.3 is 9.64 Å². The van der Waals surface area contributed by atoms with Crippen molar-refractivity contribution in [3.63, 3.8) is 0 Å². The number of nitrogens with zero attached hydrogens (tertiary/aromatic N) is 4. The molecule has 1 aliphatic heterocycles. The topological polar surface area (TPSA) is 60.2 Å². The number of carbonyl (C=O) groups is 1. The number of ether oxygens (including phenoxy) is 1. The summed E-state index contributed by atoms with van der Waals surface area (Å²) >= 11 is 0. The molecule has 1 unspecified atom stereocenters. The minimum atomic E-state index is -0.121. The highest BCUT2D eigenvalue weighted by molar-refractivity contribution is 5.91. The highest BCUT2D eigenvalue weighted by Gasteiger charge is 2.33. The van der Waals surface area contributed by atoms with Gasteiger partial charge in [-0.15, -0.1) is 5.10 Å². The van der Waals surface area contributed by atoms with E-state index in [1.807, 2.05) is 48.2 Å². The van der Waals surface area contributed by atoms with Crippen LogP contribution in [0.25, 0.3) is 5.69 Å². The van der Waals surface area contributed by atoms with Gasteiger partial charge in [-0.2, -0.15) is 0 Å². The maximum atomic E-state index is 13.4. The van der Waals surface area contributed by atoms with Crippen molar-refractivity contribution in [2.45, 2.75) is 45.6 Å². The van der Waals surface area contributed by atoms with Crippen molar-refractivity contribution in [1.82, 2.24) is 19.7 Å². The van der Waals surface area contributed by atoms with E-state index < -0.39 is 0 Å². The van der Waals surface area contributed by atoms with Gasteiger partial charge in [-0.3, -0.25) is 4.79 Å². The van der Waals surface area contributed by atoms with Crippen molar-refractivity contribution in [2.24, 2.45) is 0 Å². The lowest BCUT2D eigenvalue weighted by molar-refractivity contribution is 0.0723. The van der Waals surface area contributed by atoms with E-state index in [-0.39, 0.29) is 17.8 Å². The molecule has 1 aromatic heterocycles. The van der Waals surface area contributed by atoms with E-state index in [1.165, 1.54) is 5.56 Å². The Morgan fingerprint density at radius 3 is 2.73 bits per heavy atom. The van der Waals surface area contributed by atoms with Crippen LogP contribution in [0.3, 0.4) is 0 Å². The van der Waals surface area contributed by atoms with E-state index in [2.05, 4.69) is 36.1 Å². The number of carbonyl (C=O) groups excluding carboxylic acids is 1. The number of hydrogen-bond acceptors (Lipinski definition) is 4. The Morgan fingerprint density at radius 2 is 1.97 bits per heavy atom. The number of rotatable bonds is 5. The van der Waals surface area contributed by atoms with Crippen molar-refractivity contribution in [2.75, 3.05) is 13.7 Å². The predicted octanol–water partition coefficient (Wildman–Crippen LogP) is 4.69. The molecule has 0 bridgehead atoms. The highest BCUT2D eigenvalue weighted by atomic mass is 16.5. The molecule has 6 nitrogen and oxygen atoms in total. The lowest BCUT2D eigenvalue weighted by Gasteiger charge is -2.24. The Balaban J connectivity index is 1.65. The van der Waals surface area contributed by atoms with Gasteiger partial charge in [0.25, 0.3) is 5.91 Å². The van der Waals surface area contributed by atoms with Gasteiger partial charge in [0.05, 0.1) is 18.8 Å². The number of benzene rings is 2. The first-order valence-electron chi connectivity index (χ1n) is 10.5. The molecular formula is C24H28N4O2. The van der Waals surface area contributed by atoms with Gasteiger partial charge in [0.2, 0.25) is 5.82 Å². The van der Waals surface area contributed by atoms with E-state index in [4.69, 9.17) is 4.74 Å². The number of aryl methyl sites for hydroxylation is 1. The van der Waals surface area contributed by atoms with Gasteiger partial charge in [0.1, 0.15) is 11.6 Å². The standard InChI is InChI=1S/C24H28N4O2/c1-16(2)20-11-5-6-12-22(20)28-17(3)25-23(26-28)24(29)27-14-8-13-21(27)18-9-7-10-19(15-18)30-4/h5-7,9-12,15-16,21H,8,13-14H2,1-4H3. The minimum absolute atomic E-state index is 0.0165. The molecule has 3 aromatic rings. The van der Waals surface area contributed by atoms with Crippen LogP contribution in [0.4, 0.5) is 0 Å². The third kappa shape index (κ3) is 3.70. The molecule has 4 rings (SSSR count). The van der Waals surface area contributed by atoms with Gasteiger partial charge >= 0.3 is 0 Å². The second-order valence-electron chi connectivity index (χ2n) is 8.04. The first-order chi connectivity index (χ1) is 14.5. The second kappa shape index (κ2) is 8.30. The number of likely N-dealkylation sites (tertiary alicyclic amines) is 1. The van der Waals surface area contributed by atoms with Crippen molar-refractivity contribution < 1.29 is 9.53 Å². The summed E-state index contributed by atoms with van der Waals surface area (Å²) in [5, 5.41) is 4.62. The van der Waals surface area contributed by atoms with E-state index in [9.17, 15) is 4.79 Å². The van der Waals surface area contributed by atoms with E-state index in [1.54, 1.807) is 11.8 Å². The van der Waals surface area contributed by atoms with Crippen LogP contribution in [0.15, 0.2) is 48.5 Å². The molecule has 1 saturated heterocycles. The van der Waals surface area contributed by atoms with Crippen LogP contribution < -0.4 is 4.74 Å². The fourth-order valence-electron chi connectivity index (χ4n) is 4.21. The van der Waals surface area contributed by atoms with Crippen LogP contribution in [0.5, 0.6) is 5.75 Å². The van der Waals surface area contributed by atoms with Crippen LogP contribution in [-0.4, -0.2) is 39.2 Å². The smallest absolute Gasteiger partial charge is 0.294 e. The Bertz CT molecular complexity index is 1060. The molecule has 0 aliphatic carbocycles. The molecule has 0 radical (unpaired) electrons. The molecule has 1 atom stereocenters. The molecular weight excluding hydrogens is 376 g/mol. The highest BCUT2D eigenvalue weighted by Crippen LogP contribution is 2.34. The van der Waals surface area contributed by atoms with E-state index >= 15 is 0 Å². The average Bonchev–Trinajstić information content (AvgIpc) is 3.40. The number of hydrogen-bond donors (Lipinski definition) is 0. The first kappa shape index (κ1) is 20.1. The Labute approximate surface area is 177 Å². The van der Waals surface area contributed by atoms with Crippen LogP contribution in [0, 0.1) is 6.92 Å². The molecule has 0 saturated carbocycles. The van der Waals surface area contributed by atoms with Gasteiger partial charge in [-0.1, -0.05) is 44.2 Å². The zero-order valence-electron chi connectivity index (χ0n) is 18.0.